The monoisotopic (exact) mass is 247 g/mol. The predicted molar refractivity (Wildman–Crippen MR) is 54.6 cm³/mol. The van der Waals surface area contributed by atoms with Crippen LogP contribution in [0.1, 0.15) is 12.7 Å². The Morgan fingerprint density at radius 3 is 3.00 bits per heavy atom. The van der Waals surface area contributed by atoms with Crippen LogP contribution in [0.15, 0.2) is 16.2 Å². The summed E-state index contributed by atoms with van der Waals surface area (Å²) in [6.07, 6.45) is 0.892. The summed E-state index contributed by atoms with van der Waals surface area (Å²) in [5.41, 5.74) is 0. The maximum atomic E-state index is 4.24. The van der Waals surface area contributed by atoms with Gasteiger partial charge in [-0.3, -0.25) is 5.10 Å². The van der Waals surface area contributed by atoms with Gasteiger partial charge in [-0.05, 0) is 4.48 Å². The Kier molecular flexibility index (Phi) is 3.81. The molecule has 0 aromatic carbocycles. The maximum absolute atomic E-state index is 4.24. The van der Waals surface area contributed by atoms with Crippen LogP contribution in [-0.4, -0.2) is 20.9 Å². The van der Waals surface area contributed by atoms with Crippen LogP contribution in [0.25, 0.3) is 0 Å². The molecule has 0 spiro atoms. The lowest BCUT2D eigenvalue weighted by Gasteiger charge is -1.91. The number of hydrogen-bond donors (Lipinski definition) is 1. The molecule has 12 heavy (non-hydrogen) atoms. The van der Waals surface area contributed by atoms with Crippen molar-refractivity contribution in [1.29, 1.82) is 0 Å². The normalized spacial score (nSPS) is 10.2. The van der Waals surface area contributed by atoms with Gasteiger partial charge in [0.25, 0.3) is 0 Å². The Morgan fingerprint density at radius 2 is 2.50 bits per heavy atom. The third kappa shape index (κ3) is 2.98. The Morgan fingerprint density at radius 1 is 1.75 bits per heavy atom. The van der Waals surface area contributed by atoms with Gasteiger partial charge in [0.1, 0.15) is 5.82 Å². The minimum Gasteiger partial charge on any atom is -0.262 e. The molecule has 3 nitrogen and oxygen atoms in total. The smallest absolute Gasteiger partial charge is 0.208 e. The molecule has 0 aliphatic rings. The Balaban J connectivity index is 2.47. The summed E-state index contributed by atoms with van der Waals surface area (Å²) in [5, 5.41) is 7.66. The summed E-state index contributed by atoms with van der Waals surface area (Å²) in [5.74, 6) is 1.73. The lowest BCUT2D eigenvalue weighted by atomic mass is 10.5. The molecule has 1 aromatic rings. The Hall–Kier alpha value is -0.290. The van der Waals surface area contributed by atoms with Crippen molar-refractivity contribution in [1.82, 2.24) is 15.2 Å². The van der Waals surface area contributed by atoms with E-state index in [0.717, 1.165) is 27.6 Å². The number of aromatic nitrogens is 3. The highest BCUT2D eigenvalue weighted by Gasteiger charge is 2.01. The van der Waals surface area contributed by atoms with Crippen LogP contribution >= 0.6 is 27.7 Å². The second kappa shape index (κ2) is 4.67. The van der Waals surface area contributed by atoms with Crippen molar-refractivity contribution in [3.63, 3.8) is 0 Å². The van der Waals surface area contributed by atoms with E-state index in [4.69, 9.17) is 0 Å². The average molecular weight is 248 g/mol. The highest BCUT2D eigenvalue weighted by atomic mass is 79.9. The molecule has 66 valence electrons. The molecular formula is C7H10BrN3S. The van der Waals surface area contributed by atoms with E-state index in [9.17, 15) is 0 Å². The van der Waals surface area contributed by atoms with E-state index in [0.29, 0.717) is 0 Å². The summed E-state index contributed by atoms with van der Waals surface area (Å²) < 4.78 is 0.954. The number of H-pyrrole nitrogens is 1. The molecule has 0 saturated carbocycles. The van der Waals surface area contributed by atoms with Crippen LogP contribution in [0.3, 0.4) is 0 Å². The van der Waals surface area contributed by atoms with Crippen molar-refractivity contribution in [2.24, 2.45) is 0 Å². The van der Waals surface area contributed by atoms with Gasteiger partial charge in [-0.25, -0.2) is 4.98 Å². The second-order valence-corrected chi connectivity index (χ2v) is 4.29. The van der Waals surface area contributed by atoms with Gasteiger partial charge in [-0.15, -0.1) is 5.10 Å². The lowest BCUT2D eigenvalue weighted by Crippen LogP contribution is -1.81. The third-order valence-electron chi connectivity index (χ3n) is 1.20. The summed E-state index contributed by atoms with van der Waals surface area (Å²) in [4.78, 5) is 4.24. The molecular weight excluding hydrogens is 238 g/mol. The zero-order valence-corrected chi connectivity index (χ0v) is 9.20. The minimum absolute atomic E-state index is 0.785. The molecule has 0 fully saturated rings. The Bertz CT molecular complexity index is 271. The third-order valence-corrected chi connectivity index (χ3v) is 2.79. The molecule has 0 unspecified atom stereocenters. The quantitative estimate of drug-likeness (QED) is 0.831. The fourth-order valence-electron chi connectivity index (χ4n) is 0.643. The predicted octanol–water partition coefficient (Wildman–Crippen LogP) is 2.37. The van der Waals surface area contributed by atoms with Gasteiger partial charge in [-0.1, -0.05) is 41.2 Å². The van der Waals surface area contributed by atoms with E-state index in [1.807, 2.05) is 6.92 Å². The van der Waals surface area contributed by atoms with E-state index < -0.39 is 0 Å². The molecule has 0 aliphatic carbocycles. The molecule has 1 rings (SSSR count). The van der Waals surface area contributed by atoms with Crippen molar-refractivity contribution < 1.29 is 0 Å². The molecule has 0 aliphatic heterocycles. The van der Waals surface area contributed by atoms with Crippen LogP contribution < -0.4 is 0 Å². The zero-order valence-electron chi connectivity index (χ0n) is 6.80. The van der Waals surface area contributed by atoms with Gasteiger partial charge in [0, 0.05) is 12.2 Å². The highest BCUT2D eigenvalue weighted by Crippen LogP contribution is 2.17. The van der Waals surface area contributed by atoms with Crippen molar-refractivity contribution in [2.45, 2.75) is 18.5 Å². The average Bonchev–Trinajstić information content (AvgIpc) is 2.48. The van der Waals surface area contributed by atoms with Gasteiger partial charge in [0.15, 0.2) is 0 Å². The van der Waals surface area contributed by atoms with Crippen LogP contribution in [0, 0.1) is 0 Å². The maximum Gasteiger partial charge on any atom is 0.208 e. The molecule has 1 heterocycles. The molecule has 1 aromatic heterocycles. The van der Waals surface area contributed by atoms with Crippen molar-refractivity contribution >= 4 is 27.7 Å². The highest BCUT2D eigenvalue weighted by molar-refractivity contribution is 9.11. The van der Waals surface area contributed by atoms with Crippen molar-refractivity contribution in [3.8, 4) is 0 Å². The molecule has 0 saturated heterocycles. The molecule has 0 bridgehead atoms. The van der Waals surface area contributed by atoms with Crippen LogP contribution in [0.4, 0.5) is 0 Å². The SMILES string of the molecule is C=C(Br)CSc1n[nH]c(CC)n1. The number of aromatic amines is 1. The van der Waals surface area contributed by atoms with Crippen LogP contribution in [0.2, 0.25) is 0 Å². The largest absolute Gasteiger partial charge is 0.262 e. The van der Waals surface area contributed by atoms with E-state index in [1.165, 1.54) is 0 Å². The van der Waals surface area contributed by atoms with E-state index in [1.54, 1.807) is 11.8 Å². The van der Waals surface area contributed by atoms with E-state index in [2.05, 4.69) is 37.7 Å². The first kappa shape index (κ1) is 9.80. The number of rotatable bonds is 4. The summed E-state index contributed by atoms with van der Waals surface area (Å²) in [6, 6.07) is 0. The first-order valence-electron chi connectivity index (χ1n) is 3.59. The number of aryl methyl sites for hydroxylation is 1. The van der Waals surface area contributed by atoms with Crippen molar-refractivity contribution in [2.75, 3.05) is 5.75 Å². The molecule has 0 atom stereocenters. The number of thioether (sulfide) groups is 1. The zero-order chi connectivity index (χ0) is 8.97. The molecule has 5 heteroatoms. The number of halogens is 1. The lowest BCUT2D eigenvalue weighted by molar-refractivity contribution is 0.941. The van der Waals surface area contributed by atoms with E-state index >= 15 is 0 Å². The number of nitrogens with zero attached hydrogens (tertiary/aromatic N) is 2. The summed E-state index contributed by atoms with van der Waals surface area (Å²) in [6.45, 7) is 5.77. The van der Waals surface area contributed by atoms with Crippen LogP contribution in [0.5, 0.6) is 0 Å². The second-order valence-electron chi connectivity index (χ2n) is 2.22. The van der Waals surface area contributed by atoms with Gasteiger partial charge < -0.3 is 0 Å². The molecule has 0 radical (unpaired) electrons. The standard InChI is InChI=1S/C7H10BrN3S/c1-3-6-9-7(11-10-6)12-4-5(2)8/h2-4H2,1H3,(H,9,10,11). The first-order valence-corrected chi connectivity index (χ1v) is 5.37. The minimum atomic E-state index is 0.785. The topological polar surface area (TPSA) is 41.6 Å². The van der Waals surface area contributed by atoms with Gasteiger partial charge >= 0.3 is 0 Å². The number of nitrogens with one attached hydrogen (secondary N) is 1. The van der Waals surface area contributed by atoms with Crippen LogP contribution in [-0.2, 0) is 6.42 Å². The fraction of sp³-hybridized carbons (Fsp3) is 0.429. The number of hydrogen-bond acceptors (Lipinski definition) is 3. The summed E-state index contributed by atoms with van der Waals surface area (Å²) in [7, 11) is 0. The van der Waals surface area contributed by atoms with Gasteiger partial charge in [-0.2, -0.15) is 0 Å². The van der Waals surface area contributed by atoms with Gasteiger partial charge in [0.05, 0.1) is 0 Å². The molecule has 0 amide bonds. The fourth-order valence-corrected chi connectivity index (χ4v) is 1.56. The van der Waals surface area contributed by atoms with Crippen molar-refractivity contribution in [3.05, 3.63) is 16.9 Å². The van der Waals surface area contributed by atoms with E-state index in [-0.39, 0.29) is 0 Å². The molecule has 1 N–H and O–H groups in total. The van der Waals surface area contributed by atoms with Gasteiger partial charge in [0.2, 0.25) is 5.16 Å². The summed E-state index contributed by atoms with van der Waals surface area (Å²) >= 11 is 4.84. The first-order chi connectivity index (χ1) is 5.72. The Labute approximate surface area is 84.2 Å².